The van der Waals surface area contributed by atoms with E-state index in [1.807, 2.05) is 0 Å². The number of hydrogen-bond donors (Lipinski definition) is 2. The van der Waals surface area contributed by atoms with Gasteiger partial charge in [0.2, 0.25) is 10.0 Å². The fourth-order valence-corrected chi connectivity index (χ4v) is 2.97. The van der Waals surface area contributed by atoms with Gasteiger partial charge in [-0.25, -0.2) is 13.1 Å². The van der Waals surface area contributed by atoms with Crippen molar-refractivity contribution in [2.24, 2.45) is 0 Å². The first kappa shape index (κ1) is 15.2. The van der Waals surface area contributed by atoms with Gasteiger partial charge < -0.3 is 5.73 Å². The Morgan fingerprint density at radius 1 is 1.50 bits per heavy atom. The quantitative estimate of drug-likeness (QED) is 0.475. The van der Waals surface area contributed by atoms with Gasteiger partial charge in [-0.1, -0.05) is 17.5 Å². The monoisotopic (exact) mass is 304 g/mol. The van der Waals surface area contributed by atoms with Crippen LogP contribution in [0, 0.1) is 12.3 Å². The smallest absolute Gasteiger partial charge is 0.240 e. The van der Waals surface area contributed by atoms with Crippen LogP contribution < -0.4 is 10.5 Å². The second-order valence-electron chi connectivity index (χ2n) is 3.34. The highest BCUT2D eigenvalue weighted by Crippen LogP contribution is 2.21. The minimum absolute atomic E-state index is 0.103. The average Bonchev–Trinajstić information content (AvgIpc) is 2.32. The number of benzene rings is 1. The lowest BCUT2D eigenvalue weighted by molar-refractivity contribution is 0.584. The van der Waals surface area contributed by atoms with Gasteiger partial charge in [-0.05, 0) is 18.2 Å². The summed E-state index contributed by atoms with van der Waals surface area (Å²) in [4.78, 5) is 0.103. The lowest BCUT2D eigenvalue weighted by Gasteiger charge is -2.07. The van der Waals surface area contributed by atoms with Crippen LogP contribution in [-0.2, 0) is 10.0 Å². The van der Waals surface area contributed by atoms with E-state index in [-0.39, 0.29) is 10.6 Å². The van der Waals surface area contributed by atoms with E-state index in [0.717, 1.165) is 0 Å². The highest BCUT2D eigenvalue weighted by Gasteiger charge is 2.14. The molecule has 0 saturated heterocycles. The summed E-state index contributed by atoms with van der Waals surface area (Å²) < 4.78 is 26.2. The molecule has 0 aliphatic carbocycles. The number of halogens is 1. The van der Waals surface area contributed by atoms with E-state index in [0.29, 0.717) is 23.1 Å². The van der Waals surface area contributed by atoms with Gasteiger partial charge in [-0.3, -0.25) is 0 Å². The van der Waals surface area contributed by atoms with E-state index < -0.39 is 10.0 Å². The van der Waals surface area contributed by atoms with Gasteiger partial charge in [0.25, 0.3) is 0 Å². The van der Waals surface area contributed by atoms with Crippen LogP contribution in [0.5, 0.6) is 0 Å². The molecule has 0 spiro atoms. The highest BCUT2D eigenvalue weighted by molar-refractivity contribution is 7.99. The molecule has 18 heavy (non-hydrogen) atoms. The van der Waals surface area contributed by atoms with Crippen LogP contribution in [0.3, 0.4) is 0 Å². The molecule has 0 aromatic heterocycles. The summed E-state index contributed by atoms with van der Waals surface area (Å²) in [7, 11) is -3.54. The van der Waals surface area contributed by atoms with Crippen LogP contribution >= 0.6 is 23.4 Å². The zero-order chi connectivity index (χ0) is 13.6. The van der Waals surface area contributed by atoms with Crippen LogP contribution in [0.2, 0.25) is 5.02 Å². The molecule has 0 bridgehead atoms. The zero-order valence-corrected chi connectivity index (χ0v) is 11.9. The Bertz CT molecular complexity index is 553. The number of sulfonamides is 1. The van der Waals surface area contributed by atoms with Crippen molar-refractivity contribution in [3.05, 3.63) is 23.2 Å². The summed E-state index contributed by atoms with van der Waals surface area (Å²) in [5.74, 6) is 3.65. The summed E-state index contributed by atoms with van der Waals surface area (Å²) in [6, 6.07) is 4.20. The van der Waals surface area contributed by atoms with Gasteiger partial charge in [-0.15, -0.1) is 18.2 Å². The number of terminal acetylenes is 1. The van der Waals surface area contributed by atoms with Gasteiger partial charge >= 0.3 is 0 Å². The fourth-order valence-electron chi connectivity index (χ4n) is 1.15. The molecule has 3 N–H and O–H groups in total. The Morgan fingerprint density at radius 3 is 2.83 bits per heavy atom. The molecule has 4 nitrogen and oxygen atoms in total. The van der Waals surface area contributed by atoms with Gasteiger partial charge in [0.1, 0.15) is 0 Å². The number of rotatable bonds is 6. The number of thioether (sulfide) groups is 1. The third-order valence-electron chi connectivity index (χ3n) is 2.00. The predicted molar refractivity (Wildman–Crippen MR) is 77.2 cm³/mol. The second kappa shape index (κ2) is 6.90. The highest BCUT2D eigenvalue weighted by atomic mass is 35.5. The lowest BCUT2D eigenvalue weighted by Crippen LogP contribution is -2.26. The minimum atomic E-state index is -3.54. The Morgan fingerprint density at radius 2 is 2.22 bits per heavy atom. The number of nitrogens with one attached hydrogen (secondary N) is 1. The van der Waals surface area contributed by atoms with E-state index >= 15 is 0 Å². The topological polar surface area (TPSA) is 72.2 Å². The normalized spacial score (nSPS) is 11.1. The molecular formula is C11H13ClN2O2S2. The molecule has 0 aliphatic heterocycles. The first-order valence-electron chi connectivity index (χ1n) is 5.03. The Balaban J connectivity index is 2.63. The summed E-state index contributed by atoms with van der Waals surface area (Å²) in [6.45, 7) is 0.317. The molecule has 1 rings (SSSR count). The molecule has 0 fully saturated rings. The summed E-state index contributed by atoms with van der Waals surface area (Å²) >= 11 is 7.22. The lowest BCUT2D eigenvalue weighted by atomic mass is 10.3. The first-order valence-corrected chi connectivity index (χ1v) is 8.05. The average molecular weight is 305 g/mol. The van der Waals surface area contributed by atoms with E-state index in [4.69, 9.17) is 23.8 Å². The number of nitrogen functional groups attached to an aromatic ring is 1. The zero-order valence-electron chi connectivity index (χ0n) is 9.52. The Labute approximate surface area is 116 Å². The molecule has 98 valence electrons. The molecule has 0 unspecified atom stereocenters. The standard InChI is InChI=1S/C11H13ClN2O2S2/c1-2-6-17-7-5-14-18(15,16)9-3-4-10(12)11(13)8-9/h1,3-4,8,14H,5-7,13H2. The maximum atomic E-state index is 11.9. The minimum Gasteiger partial charge on any atom is -0.397 e. The molecule has 0 radical (unpaired) electrons. The maximum Gasteiger partial charge on any atom is 0.240 e. The van der Waals surface area contributed by atoms with Crippen LogP contribution in [0.15, 0.2) is 23.1 Å². The van der Waals surface area contributed by atoms with E-state index in [1.165, 1.54) is 30.0 Å². The maximum absolute atomic E-state index is 11.9. The van der Waals surface area contributed by atoms with Crippen molar-refractivity contribution in [2.75, 3.05) is 23.8 Å². The molecule has 0 amide bonds. The third kappa shape index (κ3) is 4.42. The largest absolute Gasteiger partial charge is 0.397 e. The number of nitrogens with two attached hydrogens (primary N) is 1. The van der Waals surface area contributed by atoms with Crippen molar-refractivity contribution < 1.29 is 8.42 Å². The van der Waals surface area contributed by atoms with Crippen molar-refractivity contribution >= 4 is 39.1 Å². The molecule has 0 aliphatic rings. The van der Waals surface area contributed by atoms with Gasteiger partial charge in [0, 0.05) is 12.3 Å². The van der Waals surface area contributed by atoms with Gasteiger partial charge in [-0.2, -0.15) is 0 Å². The van der Waals surface area contributed by atoms with Crippen molar-refractivity contribution in [1.82, 2.24) is 4.72 Å². The van der Waals surface area contributed by atoms with Gasteiger partial charge in [0.05, 0.1) is 21.4 Å². The van der Waals surface area contributed by atoms with Crippen LogP contribution in [-0.4, -0.2) is 26.5 Å². The first-order chi connectivity index (χ1) is 8.47. The Hall–Kier alpha value is -0.870. The summed E-state index contributed by atoms with van der Waals surface area (Å²) in [5.41, 5.74) is 5.80. The summed E-state index contributed by atoms with van der Waals surface area (Å²) in [6.07, 6.45) is 5.08. The second-order valence-corrected chi connectivity index (χ2v) is 6.62. The number of hydrogen-bond acceptors (Lipinski definition) is 4. The van der Waals surface area contributed by atoms with Crippen molar-refractivity contribution in [3.8, 4) is 12.3 Å². The predicted octanol–water partition coefficient (Wildman–Crippen LogP) is 1.57. The van der Waals surface area contributed by atoms with Gasteiger partial charge in [0.15, 0.2) is 0 Å². The molecular weight excluding hydrogens is 292 g/mol. The molecule has 0 heterocycles. The van der Waals surface area contributed by atoms with Crippen LogP contribution in [0.4, 0.5) is 5.69 Å². The van der Waals surface area contributed by atoms with E-state index in [9.17, 15) is 8.42 Å². The SMILES string of the molecule is C#CCSCCNS(=O)(=O)c1ccc(Cl)c(N)c1. The fraction of sp³-hybridized carbons (Fsp3) is 0.273. The van der Waals surface area contributed by atoms with Crippen molar-refractivity contribution in [1.29, 1.82) is 0 Å². The number of anilines is 1. The van der Waals surface area contributed by atoms with Crippen LogP contribution in [0.1, 0.15) is 0 Å². The summed E-state index contributed by atoms with van der Waals surface area (Å²) in [5, 5.41) is 0.332. The molecule has 0 saturated carbocycles. The molecule has 1 aromatic rings. The van der Waals surface area contributed by atoms with Crippen molar-refractivity contribution in [3.63, 3.8) is 0 Å². The molecule has 0 atom stereocenters. The Kier molecular flexibility index (Phi) is 5.82. The third-order valence-corrected chi connectivity index (χ3v) is 4.67. The van der Waals surface area contributed by atoms with E-state index in [2.05, 4.69) is 10.6 Å². The molecule has 7 heteroatoms. The van der Waals surface area contributed by atoms with Crippen LogP contribution in [0.25, 0.3) is 0 Å². The van der Waals surface area contributed by atoms with E-state index in [1.54, 1.807) is 0 Å². The molecule has 1 aromatic carbocycles. The van der Waals surface area contributed by atoms with Crippen molar-refractivity contribution in [2.45, 2.75) is 4.90 Å².